The zero-order valence-corrected chi connectivity index (χ0v) is 18.8. The van der Waals surface area contributed by atoms with Gasteiger partial charge in [0, 0.05) is 17.6 Å². The largest absolute Gasteiger partial charge is 0.493 e. The van der Waals surface area contributed by atoms with Crippen molar-refractivity contribution in [3.05, 3.63) is 63.9 Å². The van der Waals surface area contributed by atoms with Crippen LogP contribution in [-0.2, 0) is 6.42 Å². The molecule has 0 radical (unpaired) electrons. The first-order valence-corrected chi connectivity index (χ1v) is 11.4. The highest BCUT2D eigenvalue weighted by Gasteiger charge is 2.25. The summed E-state index contributed by atoms with van der Waals surface area (Å²) in [6, 6.07) is 13.3. The maximum Gasteiger partial charge on any atom is 0.263 e. The Labute approximate surface area is 188 Å². The molecule has 6 nitrogen and oxygen atoms in total. The van der Waals surface area contributed by atoms with Crippen LogP contribution in [0.2, 0.25) is 0 Å². The van der Waals surface area contributed by atoms with Crippen LogP contribution in [0.5, 0.6) is 11.5 Å². The van der Waals surface area contributed by atoms with Crippen LogP contribution in [0.4, 0.5) is 5.69 Å². The maximum absolute atomic E-state index is 13.5. The molecule has 1 aliphatic heterocycles. The first-order valence-electron chi connectivity index (χ1n) is 11.4. The lowest BCUT2D eigenvalue weighted by Gasteiger charge is -2.23. The van der Waals surface area contributed by atoms with E-state index < -0.39 is 5.56 Å². The molecule has 0 saturated carbocycles. The number of carbonyl (C=O) groups excluding carboxylic acids is 1. The second-order valence-electron chi connectivity index (χ2n) is 8.17. The summed E-state index contributed by atoms with van der Waals surface area (Å²) in [5.74, 6) is 0.797. The number of H-pyrrole nitrogens is 1. The smallest absolute Gasteiger partial charge is 0.263 e. The van der Waals surface area contributed by atoms with Crippen molar-refractivity contribution < 1.29 is 14.3 Å². The Morgan fingerprint density at radius 3 is 2.78 bits per heavy atom. The summed E-state index contributed by atoms with van der Waals surface area (Å²) in [5, 5.41) is 0.738. The van der Waals surface area contributed by atoms with E-state index in [1.165, 1.54) is 0 Å². The number of para-hydroxylation sites is 1. The third-order valence-corrected chi connectivity index (χ3v) is 5.99. The molecule has 0 fully saturated rings. The Morgan fingerprint density at radius 2 is 1.97 bits per heavy atom. The predicted octanol–water partition coefficient (Wildman–Crippen LogP) is 5.09. The van der Waals surface area contributed by atoms with E-state index in [-0.39, 0.29) is 11.5 Å². The number of hydrogen-bond acceptors (Lipinski definition) is 4. The highest BCUT2D eigenvalue weighted by Crippen LogP contribution is 2.35. The Balaban J connectivity index is 1.72. The van der Waals surface area contributed by atoms with Gasteiger partial charge in [-0.25, -0.2) is 0 Å². The fourth-order valence-corrected chi connectivity index (χ4v) is 4.27. The van der Waals surface area contributed by atoms with Crippen molar-refractivity contribution in [2.75, 3.05) is 25.2 Å². The monoisotopic (exact) mass is 434 g/mol. The minimum atomic E-state index is -0.420. The number of amides is 1. The molecule has 4 rings (SSSR count). The highest BCUT2D eigenvalue weighted by atomic mass is 16.5. The van der Waals surface area contributed by atoms with Gasteiger partial charge in [-0.1, -0.05) is 38.0 Å². The summed E-state index contributed by atoms with van der Waals surface area (Å²) in [5.41, 5.74) is 2.30. The molecule has 32 heavy (non-hydrogen) atoms. The molecule has 0 atom stereocenters. The molecule has 0 saturated heterocycles. The zero-order valence-electron chi connectivity index (χ0n) is 18.8. The van der Waals surface area contributed by atoms with E-state index in [0.717, 1.165) is 55.2 Å². The van der Waals surface area contributed by atoms with Gasteiger partial charge in [-0.2, -0.15) is 0 Å². The van der Waals surface area contributed by atoms with Crippen molar-refractivity contribution in [1.82, 2.24) is 4.98 Å². The second-order valence-corrected chi connectivity index (χ2v) is 8.17. The summed E-state index contributed by atoms with van der Waals surface area (Å²) >= 11 is 0. The molecular weight excluding hydrogens is 404 g/mol. The molecule has 1 N–H and O–H groups in total. The fraction of sp³-hybridized carbons (Fsp3) is 0.385. The van der Waals surface area contributed by atoms with Gasteiger partial charge >= 0.3 is 0 Å². The van der Waals surface area contributed by atoms with E-state index in [9.17, 15) is 9.59 Å². The molecule has 2 aromatic carbocycles. The second kappa shape index (κ2) is 9.90. The fourth-order valence-electron chi connectivity index (χ4n) is 4.27. The number of ether oxygens (including phenoxy) is 2. The quantitative estimate of drug-likeness (QED) is 0.526. The first-order chi connectivity index (χ1) is 15.6. The van der Waals surface area contributed by atoms with Crippen LogP contribution in [0.1, 0.15) is 54.9 Å². The molecule has 0 unspecified atom stereocenters. The predicted molar refractivity (Wildman–Crippen MR) is 127 cm³/mol. The SMILES string of the molecule is CCCCCOc1c(OC)ccc2cc(C(=O)N3CCCCc4ccccc43)c(=O)[nH]c12. The number of aromatic nitrogens is 1. The van der Waals surface area contributed by atoms with Crippen molar-refractivity contribution in [2.24, 2.45) is 0 Å². The number of unbranched alkanes of at least 4 members (excludes halogenated alkanes) is 2. The maximum atomic E-state index is 13.5. The van der Waals surface area contributed by atoms with E-state index in [1.807, 2.05) is 30.3 Å². The van der Waals surface area contributed by atoms with E-state index >= 15 is 0 Å². The number of benzene rings is 2. The minimum Gasteiger partial charge on any atom is -0.493 e. The number of pyridine rings is 1. The lowest BCUT2D eigenvalue weighted by molar-refractivity contribution is 0.0985. The number of rotatable bonds is 7. The van der Waals surface area contributed by atoms with Crippen LogP contribution in [0.15, 0.2) is 47.3 Å². The number of methoxy groups -OCH3 is 1. The molecule has 1 aliphatic rings. The average molecular weight is 435 g/mol. The molecule has 168 valence electrons. The number of aromatic amines is 1. The van der Waals surface area contributed by atoms with Crippen molar-refractivity contribution in [1.29, 1.82) is 0 Å². The number of hydrogen-bond donors (Lipinski definition) is 1. The van der Waals surface area contributed by atoms with E-state index in [1.54, 1.807) is 18.1 Å². The van der Waals surface area contributed by atoms with E-state index in [2.05, 4.69) is 18.0 Å². The lowest BCUT2D eigenvalue weighted by Crippen LogP contribution is -2.35. The summed E-state index contributed by atoms with van der Waals surface area (Å²) < 4.78 is 11.4. The molecule has 3 aromatic rings. The lowest BCUT2D eigenvalue weighted by atomic mass is 10.1. The van der Waals surface area contributed by atoms with Crippen molar-refractivity contribution in [3.63, 3.8) is 0 Å². The third kappa shape index (κ3) is 4.35. The summed E-state index contributed by atoms with van der Waals surface area (Å²) in [4.78, 5) is 31.2. The van der Waals surface area contributed by atoms with Crippen LogP contribution < -0.4 is 19.9 Å². The Kier molecular flexibility index (Phi) is 6.78. The van der Waals surface area contributed by atoms with Gasteiger partial charge in [0.05, 0.1) is 19.2 Å². The zero-order chi connectivity index (χ0) is 22.5. The molecular formula is C26H30N2O4. The number of aryl methyl sites for hydroxylation is 1. The van der Waals surface area contributed by atoms with Gasteiger partial charge in [0.2, 0.25) is 0 Å². The van der Waals surface area contributed by atoms with Gasteiger partial charge in [0.15, 0.2) is 11.5 Å². The van der Waals surface area contributed by atoms with Gasteiger partial charge in [-0.05, 0) is 55.5 Å². The van der Waals surface area contributed by atoms with Crippen LogP contribution in [0, 0.1) is 0 Å². The molecule has 0 aliphatic carbocycles. The van der Waals surface area contributed by atoms with Gasteiger partial charge in [-0.15, -0.1) is 0 Å². The first kappa shape index (κ1) is 21.9. The summed E-state index contributed by atoms with van der Waals surface area (Å²) in [6.07, 6.45) is 5.95. The molecule has 1 amide bonds. The Hall–Kier alpha value is -3.28. The van der Waals surface area contributed by atoms with Crippen LogP contribution in [-0.4, -0.2) is 31.2 Å². The minimum absolute atomic E-state index is 0.135. The molecule has 2 heterocycles. The third-order valence-electron chi connectivity index (χ3n) is 5.99. The van der Waals surface area contributed by atoms with Crippen molar-refractivity contribution >= 4 is 22.5 Å². The van der Waals surface area contributed by atoms with Gasteiger partial charge in [0.1, 0.15) is 5.56 Å². The van der Waals surface area contributed by atoms with Crippen molar-refractivity contribution in [3.8, 4) is 11.5 Å². The highest BCUT2D eigenvalue weighted by molar-refractivity contribution is 6.08. The average Bonchev–Trinajstić information content (AvgIpc) is 3.03. The molecule has 1 aromatic heterocycles. The Bertz CT molecular complexity index is 1170. The van der Waals surface area contributed by atoms with Crippen LogP contribution in [0.25, 0.3) is 10.9 Å². The number of fused-ring (bicyclic) bond motifs is 2. The molecule has 0 spiro atoms. The number of anilines is 1. The molecule has 0 bridgehead atoms. The topological polar surface area (TPSA) is 71.6 Å². The Morgan fingerprint density at radius 1 is 1.12 bits per heavy atom. The number of nitrogens with zero attached hydrogens (tertiary/aromatic N) is 1. The summed E-state index contributed by atoms with van der Waals surface area (Å²) in [7, 11) is 1.58. The molecule has 6 heteroatoms. The van der Waals surface area contributed by atoms with Gasteiger partial charge in [0.25, 0.3) is 11.5 Å². The van der Waals surface area contributed by atoms with E-state index in [0.29, 0.717) is 30.2 Å². The van der Waals surface area contributed by atoms with E-state index in [4.69, 9.17) is 9.47 Å². The van der Waals surface area contributed by atoms with Crippen LogP contribution in [0.3, 0.4) is 0 Å². The van der Waals surface area contributed by atoms with Crippen LogP contribution >= 0.6 is 0 Å². The normalized spacial score (nSPS) is 13.5. The standard InChI is InChI=1S/C26H30N2O4/c1-3-4-9-16-32-24-22(31-2)14-13-19-17-20(25(29)27-23(19)24)26(30)28-15-8-7-11-18-10-5-6-12-21(18)28/h5-6,10,12-14,17H,3-4,7-9,11,15-16H2,1-2H3,(H,27,29). The van der Waals surface area contributed by atoms with Crippen molar-refractivity contribution in [2.45, 2.75) is 45.4 Å². The summed E-state index contributed by atoms with van der Waals surface area (Å²) in [6.45, 7) is 3.27. The number of nitrogens with one attached hydrogen (secondary N) is 1. The van der Waals surface area contributed by atoms with Gasteiger partial charge in [-0.3, -0.25) is 9.59 Å². The number of carbonyl (C=O) groups is 1. The van der Waals surface area contributed by atoms with Gasteiger partial charge < -0.3 is 19.4 Å².